The Morgan fingerprint density at radius 3 is 1.71 bits per heavy atom. The number of benzene rings is 2. The third-order valence-electron chi connectivity index (χ3n) is 2.89. The number of nitrogens with zero attached hydrogens (tertiary/aromatic N) is 1. The van der Waals surface area contributed by atoms with Gasteiger partial charge in [0.1, 0.15) is 0 Å². The van der Waals surface area contributed by atoms with E-state index < -0.39 is 0 Å². The van der Waals surface area contributed by atoms with E-state index in [1.807, 2.05) is 31.1 Å². The summed E-state index contributed by atoms with van der Waals surface area (Å²) >= 11 is 11.8. The zero-order valence-electron chi connectivity index (χ0n) is 11.8. The van der Waals surface area contributed by atoms with E-state index in [-0.39, 0.29) is 5.78 Å². The monoisotopic (exact) mass is 319 g/mol. The fraction of sp³-hybridized carbons (Fsp3) is 0.118. The molecule has 0 fully saturated rings. The molecule has 2 aromatic carbocycles. The number of Topliss-reactive ketones (excluding diaryl/α,β-unsaturated/α-hetero) is 1. The van der Waals surface area contributed by atoms with Crippen molar-refractivity contribution in [1.29, 1.82) is 0 Å². The van der Waals surface area contributed by atoms with E-state index in [4.69, 9.17) is 23.2 Å². The number of carbonyl (C=O) groups is 1. The van der Waals surface area contributed by atoms with Crippen LogP contribution in [0.15, 0.2) is 54.7 Å². The Morgan fingerprint density at radius 1 is 0.857 bits per heavy atom. The van der Waals surface area contributed by atoms with E-state index in [9.17, 15) is 4.79 Å². The molecule has 0 N–H and O–H groups in total. The van der Waals surface area contributed by atoms with Crippen LogP contribution in [-0.4, -0.2) is 24.8 Å². The lowest BCUT2D eigenvalue weighted by Crippen LogP contribution is -2.09. The number of rotatable bonds is 4. The maximum absolute atomic E-state index is 12.7. The van der Waals surface area contributed by atoms with Crippen LogP contribution < -0.4 is 0 Å². The van der Waals surface area contributed by atoms with Gasteiger partial charge in [-0.05, 0) is 42.0 Å². The summed E-state index contributed by atoms with van der Waals surface area (Å²) in [7, 11) is 3.76. The highest BCUT2D eigenvalue weighted by molar-refractivity contribution is 6.32. The molecule has 0 aliphatic carbocycles. The highest BCUT2D eigenvalue weighted by atomic mass is 35.5. The third-order valence-corrected chi connectivity index (χ3v) is 3.40. The fourth-order valence-electron chi connectivity index (χ4n) is 1.91. The number of hydrogen-bond donors (Lipinski definition) is 0. The molecule has 0 unspecified atom stereocenters. The van der Waals surface area contributed by atoms with Gasteiger partial charge >= 0.3 is 0 Å². The Hall–Kier alpha value is -1.77. The highest BCUT2D eigenvalue weighted by Gasteiger charge is 2.15. The van der Waals surface area contributed by atoms with E-state index in [1.54, 1.807) is 42.6 Å². The third kappa shape index (κ3) is 4.10. The highest BCUT2D eigenvalue weighted by Crippen LogP contribution is 2.23. The standard InChI is InChI=1S/C17H15Cl2NO/c1-20(2)11-16(12-3-7-14(18)8-4-12)17(21)13-5-9-15(19)10-6-13/h3-11H,1-2H3. The van der Waals surface area contributed by atoms with E-state index in [2.05, 4.69) is 0 Å². The van der Waals surface area contributed by atoms with E-state index in [0.717, 1.165) is 5.56 Å². The van der Waals surface area contributed by atoms with Gasteiger partial charge in [-0.2, -0.15) is 0 Å². The summed E-state index contributed by atoms with van der Waals surface area (Å²) in [6.07, 6.45) is 1.81. The molecule has 0 aliphatic rings. The molecule has 0 aliphatic heterocycles. The molecule has 0 heterocycles. The molecule has 21 heavy (non-hydrogen) atoms. The zero-order valence-corrected chi connectivity index (χ0v) is 13.3. The second kappa shape index (κ2) is 6.79. The van der Waals surface area contributed by atoms with E-state index >= 15 is 0 Å². The number of carbonyl (C=O) groups excluding carboxylic acids is 1. The van der Waals surface area contributed by atoms with Crippen molar-refractivity contribution in [2.45, 2.75) is 0 Å². The summed E-state index contributed by atoms with van der Waals surface area (Å²) in [6, 6.07) is 14.1. The fourth-order valence-corrected chi connectivity index (χ4v) is 2.16. The second-order valence-electron chi connectivity index (χ2n) is 4.85. The predicted molar refractivity (Wildman–Crippen MR) is 88.9 cm³/mol. The molecule has 4 heteroatoms. The summed E-state index contributed by atoms with van der Waals surface area (Å²) in [5, 5.41) is 1.25. The van der Waals surface area contributed by atoms with E-state index in [1.165, 1.54) is 0 Å². The Morgan fingerprint density at radius 2 is 1.29 bits per heavy atom. The van der Waals surface area contributed by atoms with Gasteiger partial charge in [-0.1, -0.05) is 35.3 Å². The topological polar surface area (TPSA) is 20.3 Å². The van der Waals surface area contributed by atoms with Crippen molar-refractivity contribution in [3.63, 3.8) is 0 Å². The molecule has 2 nitrogen and oxygen atoms in total. The smallest absolute Gasteiger partial charge is 0.195 e. The van der Waals surface area contributed by atoms with Gasteiger partial charge in [-0.25, -0.2) is 0 Å². The minimum Gasteiger partial charge on any atom is -0.383 e. The van der Waals surface area contributed by atoms with Crippen molar-refractivity contribution in [3.05, 3.63) is 75.9 Å². The van der Waals surface area contributed by atoms with Crippen molar-refractivity contribution >= 4 is 34.6 Å². The predicted octanol–water partition coefficient (Wildman–Crippen LogP) is 4.78. The molecule has 108 valence electrons. The molecule has 0 bridgehead atoms. The molecule has 2 rings (SSSR count). The lowest BCUT2D eigenvalue weighted by Gasteiger charge is -2.12. The van der Waals surface area contributed by atoms with Crippen LogP contribution in [0.1, 0.15) is 15.9 Å². The van der Waals surface area contributed by atoms with Crippen LogP contribution in [0.25, 0.3) is 5.57 Å². The van der Waals surface area contributed by atoms with Crippen molar-refractivity contribution in [3.8, 4) is 0 Å². The van der Waals surface area contributed by atoms with E-state index in [0.29, 0.717) is 21.2 Å². The molecular weight excluding hydrogens is 305 g/mol. The molecule has 0 aromatic heterocycles. The van der Waals surface area contributed by atoms with Gasteiger partial charge in [0.05, 0.1) is 0 Å². The summed E-state index contributed by atoms with van der Waals surface area (Å²) in [5.74, 6) is -0.0531. The van der Waals surface area contributed by atoms with Crippen molar-refractivity contribution < 1.29 is 4.79 Å². The Kier molecular flexibility index (Phi) is 5.05. The van der Waals surface area contributed by atoms with Crippen molar-refractivity contribution in [2.75, 3.05) is 14.1 Å². The van der Waals surface area contributed by atoms with Gasteiger partial charge < -0.3 is 4.90 Å². The lowest BCUT2D eigenvalue weighted by atomic mass is 9.97. The summed E-state index contributed by atoms with van der Waals surface area (Å²) < 4.78 is 0. The summed E-state index contributed by atoms with van der Waals surface area (Å²) in [5.41, 5.74) is 2.04. The summed E-state index contributed by atoms with van der Waals surface area (Å²) in [4.78, 5) is 14.6. The quantitative estimate of drug-likeness (QED) is 0.597. The molecule has 0 amide bonds. The minimum atomic E-state index is -0.0531. The largest absolute Gasteiger partial charge is 0.383 e. The Balaban J connectivity index is 2.43. The lowest BCUT2D eigenvalue weighted by molar-refractivity contribution is 0.105. The van der Waals surface area contributed by atoms with Crippen LogP contribution in [0.4, 0.5) is 0 Å². The summed E-state index contributed by atoms with van der Waals surface area (Å²) in [6.45, 7) is 0. The van der Waals surface area contributed by atoms with Crippen LogP contribution in [0.2, 0.25) is 10.0 Å². The SMILES string of the molecule is CN(C)C=C(C(=O)c1ccc(Cl)cc1)c1ccc(Cl)cc1. The van der Waals surface area contributed by atoms with Crippen molar-refractivity contribution in [2.24, 2.45) is 0 Å². The average Bonchev–Trinajstić information content (AvgIpc) is 2.46. The van der Waals surface area contributed by atoms with Gasteiger partial charge in [-0.15, -0.1) is 0 Å². The normalized spacial score (nSPS) is 11.3. The Bertz CT molecular complexity index is 658. The zero-order chi connectivity index (χ0) is 15.4. The maximum Gasteiger partial charge on any atom is 0.195 e. The second-order valence-corrected chi connectivity index (χ2v) is 5.72. The van der Waals surface area contributed by atoms with Gasteiger partial charge in [0.25, 0.3) is 0 Å². The average molecular weight is 320 g/mol. The van der Waals surface area contributed by atoms with Crippen LogP contribution in [0, 0.1) is 0 Å². The first-order valence-corrected chi connectivity index (χ1v) is 7.17. The molecule has 0 spiro atoms. The molecule has 0 atom stereocenters. The van der Waals surface area contributed by atoms with Crippen LogP contribution in [0.5, 0.6) is 0 Å². The van der Waals surface area contributed by atoms with Gasteiger partial charge in [0.2, 0.25) is 0 Å². The number of hydrogen-bond acceptors (Lipinski definition) is 2. The molecule has 0 saturated heterocycles. The number of allylic oxidation sites excluding steroid dienone is 1. The van der Waals surface area contributed by atoms with Gasteiger partial charge in [-0.3, -0.25) is 4.79 Å². The van der Waals surface area contributed by atoms with Gasteiger partial charge in [0.15, 0.2) is 5.78 Å². The Labute approximate surface area is 134 Å². The van der Waals surface area contributed by atoms with Gasteiger partial charge in [0, 0.05) is 41.5 Å². The van der Waals surface area contributed by atoms with Crippen LogP contribution in [-0.2, 0) is 0 Å². The first-order chi connectivity index (χ1) is 9.97. The molecule has 0 saturated carbocycles. The molecular formula is C17H15Cl2NO. The first kappa shape index (κ1) is 15.6. The van der Waals surface area contributed by atoms with Crippen molar-refractivity contribution in [1.82, 2.24) is 4.90 Å². The maximum atomic E-state index is 12.7. The minimum absolute atomic E-state index is 0.0531. The molecule has 2 aromatic rings. The molecule has 0 radical (unpaired) electrons. The first-order valence-electron chi connectivity index (χ1n) is 6.42. The van der Waals surface area contributed by atoms with Crippen LogP contribution >= 0.6 is 23.2 Å². The number of halogens is 2. The van der Waals surface area contributed by atoms with Crippen LogP contribution in [0.3, 0.4) is 0 Å². The number of ketones is 1.